The van der Waals surface area contributed by atoms with Crippen molar-refractivity contribution < 1.29 is 20.0 Å². The van der Waals surface area contributed by atoms with Crippen LogP contribution < -0.4 is 5.41 Å². The quantitative estimate of drug-likeness (QED) is 0.422. The van der Waals surface area contributed by atoms with Crippen molar-refractivity contribution in [3.05, 3.63) is 35.4 Å². The van der Waals surface area contributed by atoms with E-state index in [0.29, 0.717) is 24.2 Å². The zero-order chi connectivity index (χ0) is 13.4. The molecule has 0 aliphatic heterocycles. The zero-order valence-electron chi connectivity index (χ0n) is 10.6. The fourth-order valence-electron chi connectivity index (χ4n) is 1.68. The predicted molar refractivity (Wildman–Crippen MR) is 69.3 cm³/mol. The van der Waals surface area contributed by atoms with Crippen molar-refractivity contribution in [1.82, 2.24) is 0 Å². The van der Waals surface area contributed by atoms with Gasteiger partial charge in [-0.3, -0.25) is 4.79 Å². The molecule has 1 unspecified atom stereocenters. The summed E-state index contributed by atoms with van der Waals surface area (Å²) in [6.45, 7) is 2.37. The molecule has 0 aliphatic carbocycles. The lowest BCUT2D eigenvalue weighted by Crippen LogP contribution is -2.43. The van der Waals surface area contributed by atoms with Crippen molar-refractivity contribution >= 4 is 12.2 Å². The third-order valence-electron chi connectivity index (χ3n) is 2.68. The van der Waals surface area contributed by atoms with E-state index in [9.17, 15) is 9.90 Å². The van der Waals surface area contributed by atoms with E-state index in [4.69, 9.17) is 10.1 Å². The average Bonchev–Trinajstić information content (AvgIpc) is 2.38. The SMILES string of the molecule is CCCC(O)CCOC(=[NH2+])c1ccccc1C=O. The summed E-state index contributed by atoms with van der Waals surface area (Å²) >= 11 is 0. The minimum atomic E-state index is -0.357. The van der Waals surface area contributed by atoms with Crippen LogP contribution in [0.4, 0.5) is 0 Å². The molecule has 1 aromatic carbocycles. The van der Waals surface area contributed by atoms with Gasteiger partial charge < -0.3 is 9.84 Å². The van der Waals surface area contributed by atoms with Crippen LogP contribution in [0.3, 0.4) is 0 Å². The Bertz CT molecular complexity index is 404. The van der Waals surface area contributed by atoms with Crippen molar-refractivity contribution in [2.24, 2.45) is 0 Å². The van der Waals surface area contributed by atoms with Crippen LogP contribution in [0.1, 0.15) is 42.1 Å². The molecule has 0 radical (unpaired) electrons. The van der Waals surface area contributed by atoms with Crippen molar-refractivity contribution in [3.63, 3.8) is 0 Å². The van der Waals surface area contributed by atoms with E-state index in [2.05, 4.69) is 0 Å². The van der Waals surface area contributed by atoms with Gasteiger partial charge in [-0.05, 0) is 12.5 Å². The average molecular weight is 250 g/mol. The highest BCUT2D eigenvalue weighted by atomic mass is 16.5. The Hall–Kier alpha value is -1.68. The molecule has 0 fully saturated rings. The van der Waals surface area contributed by atoms with Gasteiger partial charge in [0.15, 0.2) is 6.29 Å². The number of carbonyl (C=O) groups excluding carboxylic acids is 1. The van der Waals surface area contributed by atoms with Crippen LogP contribution in [0, 0.1) is 0 Å². The highest BCUT2D eigenvalue weighted by Crippen LogP contribution is 2.07. The lowest BCUT2D eigenvalue weighted by Gasteiger charge is -2.09. The zero-order valence-corrected chi connectivity index (χ0v) is 10.6. The Morgan fingerprint density at radius 2 is 2.17 bits per heavy atom. The van der Waals surface area contributed by atoms with Crippen LogP contribution in [0.25, 0.3) is 0 Å². The molecule has 0 amide bonds. The fourth-order valence-corrected chi connectivity index (χ4v) is 1.68. The van der Waals surface area contributed by atoms with Crippen molar-refractivity contribution in [2.75, 3.05) is 6.61 Å². The summed E-state index contributed by atoms with van der Waals surface area (Å²) < 4.78 is 5.36. The first-order valence-electron chi connectivity index (χ1n) is 6.17. The summed E-state index contributed by atoms with van der Waals surface area (Å²) in [6, 6.07) is 6.99. The summed E-state index contributed by atoms with van der Waals surface area (Å²) in [5, 5.41) is 15.3. The van der Waals surface area contributed by atoms with E-state index in [1.54, 1.807) is 24.3 Å². The fraction of sp³-hybridized carbons (Fsp3) is 0.429. The lowest BCUT2D eigenvalue weighted by molar-refractivity contribution is -0.139. The molecule has 4 nitrogen and oxygen atoms in total. The van der Waals surface area contributed by atoms with Crippen LogP contribution in [-0.4, -0.2) is 30.0 Å². The standard InChI is InChI=1S/C14H19NO3/c1-2-5-12(17)8-9-18-14(15)13-7-4-3-6-11(13)10-16/h3-4,6-7,10,12,15,17H,2,5,8-9H2,1H3/p+1. The van der Waals surface area contributed by atoms with Gasteiger partial charge in [-0.2, -0.15) is 0 Å². The van der Waals surface area contributed by atoms with E-state index in [1.165, 1.54) is 0 Å². The third-order valence-corrected chi connectivity index (χ3v) is 2.68. The Morgan fingerprint density at radius 3 is 2.83 bits per heavy atom. The molecule has 98 valence electrons. The molecule has 18 heavy (non-hydrogen) atoms. The summed E-state index contributed by atoms with van der Waals surface area (Å²) in [5.74, 6) is 0.224. The Morgan fingerprint density at radius 1 is 1.44 bits per heavy atom. The number of hydrogen-bond acceptors (Lipinski definition) is 3. The van der Waals surface area contributed by atoms with Gasteiger partial charge in [0.2, 0.25) is 0 Å². The molecule has 0 bridgehead atoms. The lowest BCUT2D eigenvalue weighted by atomic mass is 10.1. The first-order chi connectivity index (χ1) is 8.69. The van der Waals surface area contributed by atoms with Gasteiger partial charge in [0, 0.05) is 12.0 Å². The van der Waals surface area contributed by atoms with Gasteiger partial charge in [-0.1, -0.05) is 31.5 Å². The molecular formula is C14H20NO3+. The van der Waals surface area contributed by atoms with E-state index in [0.717, 1.165) is 19.1 Å². The topological polar surface area (TPSA) is 72.1 Å². The van der Waals surface area contributed by atoms with Gasteiger partial charge in [0.25, 0.3) is 0 Å². The minimum absolute atomic E-state index is 0.224. The highest BCUT2D eigenvalue weighted by Gasteiger charge is 2.13. The normalized spacial score (nSPS) is 11.9. The van der Waals surface area contributed by atoms with Crippen molar-refractivity contribution in [3.8, 4) is 0 Å². The third kappa shape index (κ3) is 4.30. The van der Waals surface area contributed by atoms with Gasteiger partial charge in [-0.15, -0.1) is 0 Å². The summed E-state index contributed by atoms with van der Waals surface area (Å²) in [4.78, 5) is 10.8. The molecular weight excluding hydrogens is 230 g/mol. The number of aliphatic hydroxyl groups is 1. The van der Waals surface area contributed by atoms with Gasteiger partial charge in [0.05, 0.1) is 18.3 Å². The number of rotatable bonds is 7. The van der Waals surface area contributed by atoms with Crippen molar-refractivity contribution in [1.29, 1.82) is 0 Å². The maximum absolute atomic E-state index is 10.8. The molecule has 0 saturated carbocycles. The number of benzene rings is 1. The minimum Gasteiger partial charge on any atom is -0.444 e. The molecule has 1 atom stereocenters. The number of ether oxygens (including phenoxy) is 1. The van der Waals surface area contributed by atoms with Gasteiger partial charge in [0.1, 0.15) is 0 Å². The molecule has 1 rings (SSSR count). The molecule has 0 aliphatic rings. The first-order valence-corrected chi connectivity index (χ1v) is 6.17. The van der Waals surface area contributed by atoms with Crippen molar-refractivity contribution in [2.45, 2.75) is 32.3 Å². The number of hydrogen-bond donors (Lipinski definition) is 2. The molecule has 1 aromatic rings. The van der Waals surface area contributed by atoms with Gasteiger partial charge >= 0.3 is 5.90 Å². The number of nitrogens with two attached hydrogens (primary N) is 1. The molecule has 0 heterocycles. The molecule has 4 heteroatoms. The highest BCUT2D eigenvalue weighted by molar-refractivity contribution is 5.97. The second kappa shape index (κ2) is 7.61. The van der Waals surface area contributed by atoms with E-state index < -0.39 is 0 Å². The molecule has 0 saturated heterocycles. The second-order valence-corrected chi connectivity index (χ2v) is 4.15. The van der Waals surface area contributed by atoms with E-state index in [1.807, 2.05) is 6.92 Å². The number of carbonyl (C=O) groups is 1. The van der Waals surface area contributed by atoms with Gasteiger partial charge in [-0.25, -0.2) is 5.41 Å². The van der Waals surface area contributed by atoms with E-state index in [-0.39, 0.29) is 12.0 Å². The Labute approximate surface area is 107 Å². The van der Waals surface area contributed by atoms with Crippen LogP contribution >= 0.6 is 0 Å². The summed E-state index contributed by atoms with van der Waals surface area (Å²) in [5.41, 5.74) is 1.10. The largest absolute Gasteiger partial charge is 0.444 e. The van der Waals surface area contributed by atoms with Crippen LogP contribution in [-0.2, 0) is 4.74 Å². The second-order valence-electron chi connectivity index (χ2n) is 4.15. The van der Waals surface area contributed by atoms with Crippen LogP contribution in [0.2, 0.25) is 0 Å². The maximum atomic E-state index is 10.8. The van der Waals surface area contributed by atoms with Crippen LogP contribution in [0.15, 0.2) is 24.3 Å². The number of aliphatic hydroxyl groups excluding tert-OH is 1. The maximum Gasteiger partial charge on any atom is 0.367 e. The monoisotopic (exact) mass is 250 g/mol. The molecule has 0 aromatic heterocycles. The molecule has 3 N–H and O–H groups in total. The Balaban J connectivity index is 2.48. The predicted octanol–water partition coefficient (Wildman–Crippen LogP) is 0.573. The van der Waals surface area contributed by atoms with Crippen LogP contribution in [0.5, 0.6) is 0 Å². The summed E-state index contributed by atoms with van der Waals surface area (Å²) in [6.07, 6.45) is 2.63. The Kier molecular flexibility index (Phi) is 6.08. The van der Waals surface area contributed by atoms with E-state index >= 15 is 0 Å². The summed E-state index contributed by atoms with van der Waals surface area (Å²) in [7, 11) is 0. The smallest absolute Gasteiger partial charge is 0.367 e. The molecule has 0 spiro atoms. The first kappa shape index (κ1) is 14.4. The number of aldehydes is 1.